The van der Waals surface area contributed by atoms with Crippen LogP contribution < -0.4 is 34.3 Å². The Bertz CT molecular complexity index is 500. The molecule has 114 valence electrons. The molecule has 1 aromatic carbocycles. The summed E-state index contributed by atoms with van der Waals surface area (Å²) in [7, 11) is -4.47. The summed E-state index contributed by atoms with van der Waals surface area (Å²) in [5.41, 5.74) is 0. The van der Waals surface area contributed by atoms with Crippen molar-refractivity contribution in [3.05, 3.63) is 24.3 Å². The topological polar surface area (TPSA) is 66.4 Å². The smallest absolute Gasteiger partial charge is 0.744 e. The molecule has 0 heterocycles. The molecule has 0 bridgehead atoms. The van der Waals surface area contributed by atoms with Crippen LogP contribution in [0.1, 0.15) is 46.0 Å². The molecule has 0 aromatic heterocycles. The van der Waals surface area contributed by atoms with Crippen LogP contribution in [0.2, 0.25) is 0 Å². The van der Waals surface area contributed by atoms with Crippen LogP contribution in [-0.4, -0.2) is 19.6 Å². The van der Waals surface area contributed by atoms with Gasteiger partial charge in [0, 0.05) is 0 Å². The Morgan fingerprint density at radius 3 is 2.33 bits per heavy atom. The zero-order valence-electron chi connectivity index (χ0n) is 13.2. The minimum Gasteiger partial charge on any atom is -0.744 e. The van der Waals surface area contributed by atoms with E-state index in [9.17, 15) is 13.0 Å². The van der Waals surface area contributed by atoms with Crippen molar-refractivity contribution in [3.63, 3.8) is 0 Å². The number of benzene rings is 1. The van der Waals surface area contributed by atoms with Crippen molar-refractivity contribution in [2.45, 2.75) is 50.8 Å². The van der Waals surface area contributed by atoms with Crippen LogP contribution >= 0.6 is 0 Å². The average Bonchev–Trinajstić information content (AvgIpc) is 2.36. The Balaban J connectivity index is 0.00000400. The van der Waals surface area contributed by atoms with Crippen molar-refractivity contribution in [3.8, 4) is 5.75 Å². The summed E-state index contributed by atoms with van der Waals surface area (Å²) < 4.78 is 38.6. The van der Waals surface area contributed by atoms with E-state index in [1.54, 1.807) is 6.07 Å². The predicted octanol–water partition coefficient (Wildman–Crippen LogP) is 0.580. The molecule has 0 atom stereocenters. The van der Waals surface area contributed by atoms with E-state index in [-0.39, 0.29) is 40.2 Å². The van der Waals surface area contributed by atoms with E-state index >= 15 is 0 Å². The standard InChI is InChI=1S/C15H24O4S.Na/c1-13(2)9-5-3-4-8-12-19-14-10-6-7-11-15(14)20(16,17)18;/h6-7,10-11,13H,3-5,8-9,12H2,1-2H3,(H,16,17,18);/q;+1/p-1. The first-order chi connectivity index (χ1) is 9.41. The molecule has 0 aliphatic heterocycles. The van der Waals surface area contributed by atoms with E-state index in [4.69, 9.17) is 4.74 Å². The summed E-state index contributed by atoms with van der Waals surface area (Å²) in [6, 6.07) is 5.97. The van der Waals surface area contributed by atoms with Crippen molar-refractivity contribution in [2.24, 2.45) is 5.92 Å². The third kappa shape index (κ3) is 8.83. The van der Waals surface area contributed by atoms with E-state index in [2.05, 4.69) is 13.8 Å². The second-order valence-electron chi connectivity index (χ2n) is 5.35. The number of unbranched alkanes of at least 4 members (excludes halogenated alkanes) is 3. The summed E-state index contributed by atoms with van der Waals surface area (Å²) in [6.07, 6.45) is 5.52. The summed E-state index contributed by atoms with van der Waals surface area (Å²) in [4.78, 5) is -0.278. The number of rotatable bonds is 9. The monoisotopic (exact) mass is 322 g/mol. The molecule has 0 aliphatic rings. The maximum absolute atomic E-state index is 11.1. The molecule has 0 N–H and O–H groups in total. The maximum atomic E-state index is 11.1. The summed E-state index contributed by atoms with van der Waals surface area (Å²) in [6.45, 7) is 4.86. The van der Waals surface area contributed by atoms with Crippen molar-refractivity contribution in [1.29, 1.82) is 0 Å². The third-order valence-electron chi connectivity index (χ3n) is 3.05. The van der Waals surface area contributed by atoms with Gasteiger partial charge in [-0.15, -0.1) is 0 Å². The molecule has 4 nitrogen and oxygen atoms in total. The van der Waals surface area contributed by atoms with Crippen molar-refractivity contribution in [1.82, 2.24) is 0 Å². The zero-order valence-corrected chi connectivity index (χ0v) is 16.0. The van der Waals surface area contributed by atoms with Crippen LogP contribution in [-0.2, 0) is 10.1 Å². The Kier molecular flexibility index (Phi) is 10.6. The fourth-order valence-electron chi connectivity index (χ4n) is 1.97. The molecular weight excluding hydrogens is 299 g/mol. The second kappa shape index (κ2) is 10.6. The first-order valence-corrected chi connectivity index (χ1v) is 8.50. The summed E-state index contributed by atoms with van der Waals surface area (Å²) in [5.74, 6) is 0.894. The molecule has 0 amide bonds. The van der Waals surface area contributed by atoms with Crippen LogP contribution in [0.25, 0.3) is 0 Å². The second-order valence-corrected chi connectivity index (χ2v) is 6.69. The van der Waals surface area contributed by atoms with Gasteiger partial charge in [0.25, 0.3) is 0 Å². The van der Waals surface area contributed by atoms with Gasteiger partial charge in [0.05, 0.1) is 11.5 Å². The first kappa shape index (κ1) is 20.9. The predicted molar refractivity (Wildman–Crippen MR) is 77.8 cm³/mol. The molecular formula is C15H23NaO4S. The SMILES string of the molecule is CC(C)CCCCCCOc1ccccc1S(=O)(=O)[O-].[Na+]. The quantitative estimate of drug-likeness (QED) is 0.379. The van der Waals surface area contributed by atoms with Crippen molar-refractivity contribution in [2.75, 3.05) is 6.61 Å². The van der Waals surface area contributed by atoms with E-state index in [1.165, 1.54) is 31.0 Å². The molecule has 0 unspecified atom stereocenters. The normalized spacial score (nSPS) is 11.2. The summed E-state index contributed by atoms with van der Waals surface area (Å²) in [5, 5.41) is 0. The Labute approximate surface area is 150 Å². The Hall–Kier alpha value is -0.0700. The van der Waals surface area contributed by atoms with Crippen LogP contribution in [0, 0.1) is 5.92 Å². The van der Waals surface area contributed by atoms with Gasteiger partial charge in [-0.1, -0.05) is 51.7 Å². The van der Waals surface area contributed by atoms with Gasteiger partial charge in [0.2, 0.25) is 0 Å². The maximum Gasteiger partial charge on any atom is 1.00 e. The van der Waals surface area contributed by atoms with Gasteiger partial charge in [0.1, 0.15) is 15.9 Å². The minimum atomic E-state index is -4.47. The Morgan fingerprint density at radius 2 is 1.71 bits per heavy atom. The van der Waals surface area contributed by atoms with Gasteiger partial charge in [0.15, 0.2) is 0 Å². The van der Waals surface area contributed by atoms with E-state index in [1.807, 2.05) is 0 Å². The van der Waals surface area contributed by atoms with E-state index in [0.717, 1.165) is 25.2 Å². The molecule has 0 saturated carbocycles. The number of hydrogen-bond donors (Lipinski definition) is 0. The molecule has 1 rings (SSSR count). The van der Waals surface area contributed by atoms with Gasteiger partial charge >= 0.3 is 29.6 Å². The molecule has 1 aromatic rings. The van der Waals surface area contributed by atoms with Gasteiger partial charge in [-0.2, -0.15) is 0 Å². The van der Waals surface area contributed by atoms with Gasteiger partial charge in [-0.3, -0.25) is 0 Å². The molecule has 0 aliphatic carbocycles. The first-order valence-electron chi connectivity index (χ1n) is 7.09. The van der Waals surface area contributed by atoms with Gasteiger partial charge in [-0.05, 0) is 24.5 Å². The number of para-hydroxylation sites is 1. The fourth-order valence-corrected chi connectivity index (χ4v) is 2.58. The zero-order chi connectivity index (χ0) is 15.0. The van der Waals surface area contributed by atoms with Crippen LogP contribution in [0.3, 0.4) is 0 Å². The fraction of sp³-hybridized carbons (Fsp3) is 0.600. The molecule has 21 heavy (non-hydrogen) atoms. The largest absolute Gasteiger partial charge is 1.00 e. The number of hydrogen-bond acceptors (Lipinski definition) is 4. The molecule has 0 fully saturated rings. The average molecular weight is 322 g/mol. The van der Waals surface area contributed by atoms with Crippen molar-refractivity contribution >= 4 is 10.1 Å². The molecule has 0 saturated heterocycles. The van der Waals surface area contributed by atoms with Crippen molar-refractivity contribution < 1.29 is 47.3 Å². The number of ether oxygens (including phenoxy) is 1. The molecule has 0 radical (unpaired) electrons. The van der Waals surface area contributed by atoms with E-state index in [0.29, 0.717) is 6.61 Å². The van der Waals surface area contributed by atoms with Crippen LogP contribution in [0.4, 0.5) is 0 Å². The van der Waals surface area contributed by atoms with Crippen LogP contribution in [0.5, 0.6) is 5.75 Å². The Morgan fingerprint density at radius 1 is 1.10 bits per heavy atom. The third-order valence-corrected chi connectivity index (χ3v) is 3.93. The minimum absolute atomic E-state index is 0. The molecule has 0 spiro atoms. The van der Waals surface area contributed by atoms with Gasteiger partial charge < -0.3 is 9.29 Å². The van der Waals surface area contributed by atoms with E-state index < -0.39 is 10.1 Å². The summed E-state index contributed by atoms with van der Waals surface area (Å²) >= 11 is 0. The van der Waals surface area contributed by atoms with Gasteiger partial charge in [-0.25, -0.2) is 8.42 Å². The van der Waals surface area contributed by atoms with Crippen LogP contribution in [0.15, 0.2) is 29.2 Å². The molecule has 6 heteroatoms.